The summed E-state index contributed by atoms with van der Waals surface area (Å²) in [5.41, 5.74) is 5.37. The van der Waals surface area contributed by atoms with E-state index in [4.69, 9.17) is 5.73 Å². The summed E-state index contributed by atoms with van der Waals surface area (Å²) in [6.45, 7) is 5.05. The molecule has 0 heterocycles. The van der Waals surface area contributed by atoms with E-state index in [1.807, 2.05) is 13.8 Å². The predicted molar refractivity (Wildman–Crippen MR) is 70.8 cm³/mol. The van der Waals surface area contributed by atoms with Crippen LogP contribution in [0.15, 0.2) is 0 Å². The van der Waals surface area contributed by atoms with Crippen LogP contribution >= 0.6 is 0 Å². The Balaban J connectivity index is 2.27. The molecule has 0 atom stereocenters. The van der Waals surface area contributed by atoms with Gasteiger partial charge in [-0.3, -0.25) is 9.59 Å². The molecule has 0 aromatic carbocycles. The van der Waals surface area contributed by atoms with Crippen LogP contribution in [0.5, 0.6) is 0 Å². The molecule has 0 aliphatic heterocycles. The summed E-state index contributed by atoms with van der Waals surface area (Å²) in [4.78, 5) is 23.4. The quantitative estimate of drug-likeness (QED) is 0.600. The van der Waals surface area contributed by atoms with Gasteiger partial charge in [-0.1, -0.05) is 26.7 Å². The first kappa shape index (κ1) is 15.0. The Morgan fingerprint density at radius 3 is 2.22 bits per heavy atom. The topological polar surface area (TPSA) is 84.2 Å². The molecule has 18 heavy (non-hydrogen) atoms. The number of amides is 2. The van der Waals surface area contributed by atoms with E-state index in [1.165, 1.54) is 0 Å². The molecule has 5 nitrogen and oxygen atoms in total. The minimum Gasteiger partial charge on any atom is -0.354 e. The molecule has 2 amide bonds. The molecule has 0 unspecified atom stereocenters. The van der Waals surface area contributed by atoms with Crippen molar-refractivity contribution in [2.24, 2.45) is 17.1 Å². The van der Waals surface area contributed by atoms with Crippen LogP contribution in [0.3, 0.4) is 0 Å². The van der Waals surface area contributed by atoms with E-state index in [0.717, 1.165) is 25.7 Å². The van der Waals surface area contributed by atoms with Crippen LogP contribution in [-0.2, 0) is 9.59 Å². The average Bonchev–Trinajstić information content (AvgIpc) is 2.83. The van der Waals surface area contributed by atoms with Gasteiger partial charge in [-0.25, -0.2) is 0 Å². The zero-order valence-electron chi connectivity index (χ0n) is 11.4. The molecule has 5 heteroatoms. The molecule has 1 saturated carbocycles. The molecular weight excluding hydrogens is 230 g/mol. The summed E-state index contributed by atoms with van der Waals surface area (Å²) in [5, 5.41) is 5.65. The molecule has 0 radical (unpaired) electrons. The lowest BCUT2D eigenvalue weighted by Gasteiger charge is -2.25. The van der Waals surface area contributed by atoms with Crippen molar-refractivity contribution in [1.82, 2.24) is 10.6 Å². The number of nitrogens with two attached hydrogens (primary N) is 1. The van der Waals surface area contributed by atoms with Gasteiger partial charge in [-0.05, 0) is 12.8 Å². The maximum atomic E-state index is 12.1. The highest BCUT2D eigenvalue weighted by Crippen LogP contribution is 2.37. The van der Waals surface area contributed by atoms with E-state index < -0.39 is 0 Å². The van der Waals surface area contributed by atoms with Crippen LogP contribution in [0.25, 0.3) is 0 Å². The van der Waals surface area contributed by atoms with Crippen molar-refractivity contribution in [3.05, 3.63) is 0 Å². The summed E-state index contributed by atoms with van der Waals surface area (Å²) in [6, 6.07) is 0. The lowest BCUT2D eigenvalue weighted by molar-refractivity contribution is -0.130. The van der Waals surface area contributed by atoms with Crippen molar-refractivity contribution in [2.75, 3.05) is 19.6 Å². The van der Waals surface area contributed by atoms with Crippen LogP contribution in [0.2, 0.25) is 0 Å². The first-order valence-corrected chi connectivity index (χ1v) is 6.78. The Morgan fingerprint density at radius 1 is 1.17 bits per heavy atom. The Kier molecular flexibility index (Phi) is 5.59. The Morgan fingerprint density at radius 2 is 1.72 bits per heavy atom. The van der Waals surface area contributed by atoms with E-state index in [1.54, 1.807) is 0 Å². The van der Waals surface area contributed by atoms with Gasteiger partial charge in [0, 0.05) is 25.6 Å². The maximum Gasteiger partial charge on any atom is 0.227 e. The number of rotatable bonds is 6. The summed E-state index contributed by atoms with van der Waals surface area (Å²) in [6.07, 6.45) is 3.92. The van der Waals surface area contributed by atoms with Crippen LogP contribution in [0.1, 0.15) is 39.5 Å². The van der Waals surface area contributed by atoms with E-state index >= 15 is 0 Å². The molecular formula is C13H25N3O2. The molecule has 104 valence electrons. The van der Waals surface area contributed by atoms with Gasteiger partial charge in [0.2, 0.25) is 11.8 Å². The average molecular weight is 255 g/mol. The lowest BCUT2D eigenvalue weighted by atomic mass is 9.85. The fourth-order valence-electron chi connectivity index (χ4n) is 2.33. The molecule has 1 aliphatic carbocycles. The maximum absolute atomic E-state index is 12.1. The van der Waals surface area contributed by atoms with Gasteiger partial charge in [0.05, 0.1) is 5.41 Å². The fourth-order valence-corrected chi connectivity index (χ4v) is 2.33. The second-order valence-corrected chi connectivity index (χ2v) is 5.39. The summed E-state index contributed by atoms with van der Waals surface area (Å²) >= 11 is 0. The van der Waals surface area contributed by atoms with Crippen molar-refractivity contribution in [1.29, 1.82) is 0 Å². The van der Waals surface area contributed by atoms with Crippen LogP contribution in [0, 0.1) is 11.3 Å². The second kappa shape index (κ2) is 6.73. The van der Waals surface area contributed by atoms with Crippen molar-refractivity contribution >= 4 is 11.8 Å². The van der Waals surface area contributed by atoms with Crippen molar-refractivity contribution in [3.8, 4) is 0 Å². The predicted octanol–water partition coefficient (Wildman–Crippen LogP) is 0.394. The molecule has 1 aliphatic rings. The van der Waals surface area contributed by atoms with E-state index in [2.05, 4.69) is 10.6 Å². The molecule has 0 aromatic rings. The summed E-state index contributed by atoms with van der Waals surface area (Å²) < 4.78 is 0. The van der Waals surface area contributed by atoms with E-state index in [0.29, 0.717) is 19.6 Å². The van der Waals surface area contributed by atoms with Gasteiger partial charge in [0.15, 0.2) is 0 Å². The third-order valence-corrected chi connectivity index (χ3v) is 3.67. The van der Waals surface area contributed by atoms with Gasteiger partial charge in [-0.15, -0.1) is 0 Å². The molecule has 1 rings (SSSR count). The Labute approximate surface area is 109 Å². The number of nitrogens with one attached hydrogen (secondary N) is 2. The number of carbonyl (C=O) groups is 2. The van der Waals surface area contributed by atoms with Crippen molar-refractivity contribution < 1.29 is 9.59 Å². The van der Waals surface area contributed by atoms with Crippen molar-refractivity contribution in [2.45, 2.75) is 39.5 Å². The number of hydrogen-bond acceptors (Lipinski definition) is 3. The molecule has 0 bridgehead atoms. The third kappa shape index (κ3) is 3.70. The van der Waals surface area contributed by atoms with Gasteiger partial charge in [0.25, 0.3) is 0 Å². The van der Waals surface area contributed by atoms with Crippen molar-refractivity contribution in [3.63, 3.8) is 0 Å². The summed E-state index contributed by atoms with van der Waals surface area (Å²) in [7, 11) is 0. The van der Waals surface area contributed by atoms with E-state index in [-0.39, 0.29) is 23.1 Å². The minimum atomic E-state index is -0.359. The SMILES string of the molecule is CC(C)C(=O)NCCNC(=O)C1(CN)CCCC1. The third-order valence-electron chi connectivity index (χ3n) is 3.67. The Hall–Kier alpha value is -1.10. The molecule has 4 N–H and O–H groups in total. The number of carbonyl (C=O) groups excluding carboxylic acids is 2. The minimum absolute atomic E-state index is 0.0126. The Bertz CT molecular complexity index is 297. The first-order chi connectivity index (χ1) is 8.52. The summed E-state index contributed by atoms with van der Waals surface area (Å²) in [5.74, 6) is 0.0332. The van der Waals surface area contributed by atoms with Crippen LogP contribution < -0.4 is 16.4 Å². The zero-order valence-corrected chi connectivity index (χ0v) is 11.4. The zero-order chi connectivity index (χ0) is 13.6. The van der Waals surface area contributed by atoms with Gasteiger partial charge in [0.1, 0.15) is 0 Å². The van der Waals surface area contributed by atoms with E-state index in [9.17, 15) is 9.59 Å². The first-order valence-electron chi connectivity index (χ1n) is 6.78. The molecule has 0 aromatic heterocycles. The fraction of sp³-hybridized carbons (Fsp3) is 0.846. The second-order valence-electron chi connectivity index (χ2n) is 5.39. The normalized spacial score (nSPS) is 17.8. The van der Waals surface area contributed by atoms with Gasteiger partial charge < -0.3 is 16.4 Å². The van der Waals surface area contributed by atoms with Crippen LogP contribution in [0.4, 0.5) is 0 Å². The number of hydrogen-bond donors (Lipinski definition) is 3. The molecule has 1 fully saturated rings. The monoisotopic (exact) mass is 255 g/mol. The standard InChI is InChI=1S/C13H25N3O2/c1-10(2)11(17)15-7-8-16-12(18)13(9-14)5-3-4-6-13/h10H,3-9,14H2,1-2H3,(H,15,17)(H,16,18). The lowest BCUT2D eigenvalue weighted by Crippen LogP contribution is -2.46. The highest BCUT2D eigenvalue weighted by Gasteiger charge is 2.39. The van der Waals surface area contributed by atoms with Crippen LogP contribution in [-0.4, -0.2) is 31.4 Å². The molecule has 0 saturated heterocycles. The highest BCUT2D eigenvalue weighted by atomic mass is 16.2. The molecule has 0 spiro atoms. The van der Waals surface area contributed by atoms with Gasteiger partial charge in [-0.2, -0.15) is 0 Å². The smallest absolute Gasteiger partial charge is 0.227 e. The highest BCUT2D eigenvalue weighted by molar-refractivity contribution is 5.83. The largest absolute Gasteiger partial charge is 0.354 e. The van der Waals surface area contributed by atoms with Gasteiger partial charge >= 0.3 is 0 Å².